The van der Waals surface area contributed by atoms with E-state index in [0.717, 1.165) is 0 Å². The maximum Gasteiger partial charge on any atom is 0.254 e. The van der Waals surface area contributed by atoms with Gasteiger partial charge in [0.15, 0.2) is 0 Å². The summed E-state index contributed by atoms with van der Waals surface area (Å²) in [7, 11) is -3.86. The molecule has 21 heavy (non-hydrogen) atoms. The molecule has 2 unspecified atom stereocenters. The Morgan fingerprint density at radius 2 is 1.81 bits per heavy atom. The number of primary sulfonamides is 1. The first kappa shape index (κ1) is 16.5. The van der Waals surface area contributed by atoms with Crippen molar-refractivity contribution in [2.45, 2.75) is 25.7 Å². The summed E-state index contributed by atoms with van der Waals surface area (Å²) in [6.07, 6.45) is 0. The second kappa shape index (κ2) is 5.70. The highest BCUT2D eigenvalue weighted by Crippen LogP contribution is 2.28. The molecule has 2 N–H and O–H groups in total. The highest BCUT2D eigenvalue weighted by Gasteiger charge is 2.31. The molecule has 7 heteroatoms. The third-order valence-corrected chi connectivity index (χ3v) is 5.63. The summed E-state index contributed by atoms with van der Waals surface area (Å²) in [5.74, 6) is 0.744. The average molecular weight is 375 g/mol. The van der Waals surface area contributed by atoms with Gasteiger partial charge in [-0.3, -0.25) is 4.79 Å². The van der Waals surface area contributed by atoms with E-state index in [4.69, 9.17) is 5.14 Å². The van der Waals surface area contributed by atoms with Crippen LogP contribution >= 0.6 is 15.9 Å². The van der Waals surface area contributed by atoms with Crippen LogP contribution in [0.4, 0.5) is 0 Å². The summed E-state index contributed by atoms with van der Waals surface area (Å²) in [6.45, 7) is 7.22. The molecule has 1 heterocycles. The largest absolute Gasteiger partial charge is 0.338 e. The summed E-state index contributed by atoms with van der Waals surface area (Å²) in [6, 6.07) is 3.08. The zero-order chi connectivity index (χ0) is 15.9. The van der Waals surface area contributed by atoms with Gasteiger partial charge in [0, 0.05) is 23.1 Å². The molecule has 1 saturated heterocycles. The molecule has 1 fully saturated rings. The van der Waals surface area contributed by atoms with Crippen LogP contribution in [0, 0.1) is 18.8 Å². The molecule has 0 spiro atoms. The van der Waals surface area contributed by atoms with E-state index < -0.39 is 10.0 Å². The topological polar surface area (TPSA) is 80.5 Å². The summed E-state index contributed by atoms with van der Waals surface area (Å²) >= 11 is 3.25. The first-order valence-electron chi connectivity index (χ1n) is 6.73. The zero-order valence-corrected chi connectivity index (χ0v) is 14.7. The number of nitrogens with zero attached hydrogens (tertiary/aromatic N) is 1. The Kier molecular flexibility index (Phi) is 4.46. The van der Waals surface area contributed by atoms with Gasteiger partial charge in [0.25, 0.3) is 5.91 Å². The van der Waals surface area contributed by atoms with E-state index in [0.29, 0.717) is 40.5 Å². The van der Waals surface area contributed by atoms with E-state index in [-0.39, 0.29) is 10.8 Å². The van der Waals surface area contributed by atoms with Gasteiger partial charge >= 0.3 is 0 Å². The molecule has 0 radical (unpaired) electrons. The van der Waals surface area contributed by atoms with E-state index in [1.165, 1.54) is 6.07 Å². The third-order valence-electron chi connectivity index (χ3n) is 4.14. The van der Waals surface area contributed by atoms with Gasteiger partial charge in [0.05, 0.1) is 4.90 Å². The molecule has 1 aliphatic rings. The van der Waals surface area contributed by atoms with Crippen molar-refractivity contribution >= 4 is 31.9 Å². The minimum atomic E-state index is -3.86. The molecule has 1 aromatic carbocycles. The fourth-order valence-corrected chi connectivity index (χ4v) is 4.07. The Morgan fingerprint density at radius 1 is 1.29 bits per heavy atom. The Bertz CT molecular complexity index is 678. The number of rotatable bonds is 2. The van der Waals surface area contributed by atoms with Crippen LogP contribution in [0.5, 0.6) is 0 Å². The number of carbonyl (C=O) groups excluding carboxylic acids is 1. The quantitative estimate of drug-likeness (QED) is 0.860. The van der Waals surface area contributed by atoms with Crippen molar-refractivity contribution < 1.29 is 13.2 Å². The molecule has 0 aliphatic carbocycles. The van der Waals surface area contributed by atoms with E-state index >= 15 is 0 Å². The number of likely N-dealkylation sites (tertiary alicyclic amines) is 1. The zero-order valence-electron chi connectivity index (χ0n) is 12.3. The number of sulfonamides is 1. The summed E-state index contributed by atoms with van der Waals surface area (Å²) < 4.78 is 23.8. The van der Waals surface area contributed by atoms with Crippen molar-refractivity contribution in [1.29, 1.82) is 0 Å². The van der Waals surface area contributed by atoms with Gasteiger partial charge in [-0.05, 0) is 36.5 Å². The van der Waals surface area contributed by atoms with Gasteiger partial charge in [0.1, 0.15) is 0 Å². The monoisotopic (exact) mass is 374 g/mol. The lowest BCUT2D eigenvalue weighted by atomic mass is 10.0. The van der Waals surface area contributed by atoms with Gasteiger partial charge in [0.2, 0.25) is 10.0 Å². The van der Waals surface area contributed by atoms with Crippen molar-refractivity contribution in [1.82, 2.24) is 4.90 Å². The molecular formula is C14H19BrN2O3S. The fraction of sp³-hybridized carbons (Fsp3) is 0.500. The molecule has 0 saturated carbocycles. The number of amides is 1. The lowest BCUT2D eigenvalue weighted by molar-refractivity contribution is 0.0784. The minimum absolute atomic E-state index is 0.0134. The molecule has 0 aromatic heterocycles. The number of carbonyl (C=O) groups is 1. The molecule has 5 nitrogen and oxygen atoms in total. The second-order valence-electron chi connectivity index (χ2n) is 5.79. The fourth-order valence-electron chi connectivity index (χ4n) is 2.64. The maximum atomic E-state index is 12.7. The number of halogens is 1. The van der Waals surface area contributed by atoms with Crippen molar-refractivity contribution in [3.05, 3.63) is 27.7 Å². The van der Waals surface area contributed by atoms with E-state index in [1.54, 1.807) is 17.9 Å². The predicted octanol–water partition coefficient (Wildman–Crippen LogP) is 2.13. The van der Waals surface area contributed by atoms with Crippen LogP contribution < -0.4 is 5.14 Å². The van der Waals surface area contributed by atoms with Crippen molar-refractivity contribution in [3.63, 3.8) is 0 Å². The predicted molar refractivity (Wildman–Crippen MR) is 84.5 cm³/mol. The average Bonchev–Trinajstić information content (AvgIpc) is 2.70. The first-order chi connectivity index (χ1) is 9.61. The minimum Gasteiger partial charge on any atom is -0.338 e. The lowest BCUT2D eigenvalue weighted by Gasteiger charge is -2.19. The summed E-state index contributed by atoms with van der Waals surface area (Å²) in [5.41, 5.74) is 0.785. The first-order valence-corrected chi connectivity index (χ1v) is 9.07. The molecule has 2 rings (SSSR count). The normalized spacial score (nSPS) is 22.6. The Hall–Kier alpha value is -0.920. The molecule has 1 aliphatic heterocycles. The Labute approximate surface area is 133 Å². The number of benzene rings is 1. The third kappa shape index (κ3) is 3.30. The Morgan fingerprint density at radius 3 is 2.29 bits per heavy atom. The van der Waals surface area contributed by atoms with E-state index in [2.05, 4.69) is 29.8 Å². The van der Waals surface area contributed by atoms with Crippen LogP contribution in [0.1, 0.15) is 29.8 Å². The number of nitrogens with two attached hydrogens (primary N) is 1. The molecular weight excluding hydrogens is 356 g/mol. The van der Waals surface area contributed by atoms with Gasteiger partial charge in [-0.2, -0.15) is 0 Å². The standard InChI is InChI=1S/C14H19BrN2O3S/c1-8-6-17(7-9(8)2)14(18)12-4-11(15)5-13(10(12)3)21(16,19)20/h4-5,8-9H,6-7H2,1-3H3,(H2,16,19,20). The van der Waals surface area contributed by atoms with Crippen LogP contribution in [0.2, 0.25) is 0 Å². The van der Waals surface area contributed by atoms with Crippen LogP contribution in [0.25, 0.3) is 0 Å². The van der Waals surface area contributed by atoms with Gasteiger partial charge in [-0.25, -0.2) is 13.6 Å². The van der Waals surface area contributed by atoms with Gasteiger partial charge in [-0.1, -0.05) is 29.8 Å². The summed E-state index contributed by atoms with van der Waals surface area (Å²) in [5, 5.41) is 5.22. The van der Waals surface area contributed by atoms with Gasteiger partial charge < -0.3 is 4.90 Å². The van der Waals surface area contributed by atoms with E-state index in [1.807, 2.05) is 0 Å². The van der Waals surface area contributed by atoms with E-state index in [9.17, 15) is 13.2 Å². The summed E-state index contributed by atoms with van der Waals surface area (Å²) in [4.78, 5) is 14.4. The molecule has 2 atom stereocenters. The molecule has 1 aromatic rings. The molecule has 1 amide bonds. The number of hydrogen-bond donors (Lipinski definition) is 1. The van der Waals surface area contributed by atoms with Crippen molar-refractivity contribution in [2.75, 3.05) is 13.1 Å². The number of hydrogen-bond acceptors (Lipinski definition) is 3. The Balaban J connectivity index is 2.45. The second-order valence-corrected chi connectivity index (χ2v) is 8.23. The van der Waals surface area contributed by atoms with Crippen molar-refractivity contribution in [3.8, 4) is 0 Å². The molecule has 116 valence electrons. The van der Waals surface area contributed by atoms with Crippen LogP contribution in [-0.4, -0.2) is 32.3 Å². The molecule has 0 bridgehead atoms. The van der Waals surface area contributed by atoms with Crippen molar-refractivity contribution in [2.24, 2.45) is 17.0 Å². The highest BCUT2D eigenvalue weighted by molar-refractivity contribution is 9.10. The van der Waals surface area contributed by atoms with Gasteiger partial charge in [-0.15, -0.1) is 0 Å². The smallest absolute Gasteiger partial charge is 0.254 e. The van der Waals surface area contributed by atoms with Crippen LogP contribution in [0.3, 0.4) is 0 Å². The lowest BCUT2D eigenvalue weighted by Crippen LogP contribution is -2.30. The maximum absolute atomic E-state index is 12.7. The SMILES string of the molecule is Cc1c(C(=O)N2CC(C)C(C)C2)cc(Br)cc1S(N)(=O)=O. The van der Waals surface area contributed by atoms with Crippen LogP contribution in [0.15, 0.2) is 21.5 Å². The highest BCUT2D eigenvalue weighted by atomic mass is 79.9. The van der Waals surface area contributed by atoms with Crippen LogP contribution in [-0.2, 0) is 10.0 Å².